The maximum Gasteiger partial charge on any atom is 0.279 e. The topological polar surface area (TPSA) is 67.4 Å². The molecule has 4 rings (SSSR count). The maximum atomic E-state index is 12.1. The van der Waals surface area contributed by atoms with Crippen LogP contribution < -0.4 is 15.6 Å². The van der Waals surface area contributed by atoms with Gasteiger partial charge in [-0.05, 0) is 53.8 Å². The van der Waals surface area contributed by atoms with Gasteiger partial charge in [-0.3, -0.25) is 20.4 Å². The van der Waals surface area contributed by atoms with Crippen molar-refractivity contribution in [2.45, 2.75) is 19.3 Å². The third-order valence-corrected chi connectivity index (χ3v) is 5.61. The Morgan fingerprint density at radius 3 is 2.69 bits per heavy atom. The number of nitrogens with one attached hydrogen (secondary N) is 2. The highest BCUT2D eigenvalue weighted by atomic mass is 32.1. The monoisotopic (exact) mass is 366 g/mol. The number of thiophene rings is 1. The summed E-state index contributed by atoms with van der Waals surface area (Å²) >= 11 is 1.50. The average Bonchev–Trinajstić information content (AvgIpc) is 3.26. The Hall–Kier alpha value is -2.86. The van der Waals surface area contributed by atoms with Crippen molar-refractivity contribution < 1.29 is 14.3 Å². The van der Waals surface area contributed by atoms with Crippen molar-refractivity contribution in [3.05, 3.63) is 63.8 Å². The van der Waals surface area contributed by atoms with Crippen LogP contribution in [0.5, 0.6) is 5.75 Å². The minimum atomic E-state index is -0.407. The van der Waals surface area contributed by atoms with Gasteiger partial charge in [0, 0.05) is 4.88 Å². The molecule has 132 valence electrons. The summed E-state index contributed by atoms with van der Waals surface area (Å²) in [4.78, 5) is 25.9. The predicted molar refractivity (Wildman–Crippen MR) is 101 cm³/mol. The zero-order chi connectivity index (χ0) is 17.9. The van der Waals surface area contributed by atoms with Crippen molar-refractivity contribution in [1.82, 2.24) is 10.9 Å². The van der Waals surface area contributed by atoms with E-state index >= 15 is 0 Å². The summed E-state index contributed by atoms with van der Waals surface area (Å²) in [5, 5.41) is 2.16. The van der Waals surface area contributed by atoms with Gasteiger partial charge in [-0.25, -0.2) is 0 Å². The number of ether oxygens (including phenoxy) is 1. The summed E-state index contributed by atoms with van der Waals surface area (Å²) in [5.41, 5.74) is 6.10. The second-order valence-electron chi connectivity index (χ2n) is 6.21. The number of aryl methyl sites for hydroxylation is 2. The van der Waals surface area contributed by atoms with Gasteiger partial charge >= 0.3 is 0 Å². The lowest BCUT2D eigenvalue weighted by molar-refractivity contribution is -0.123. The quantitative estimate of drug-likeness (QED) is 0.697. The number of hydrazine groups is 1. The summed E-state index contributed by atoms with van der Waals surface area (Å²) in [6.45, 7) is -0.167. The van der Waals surface area contributed by atoms with E-state index in [1.165, 1.54) is 21.8 Å². The number of amides is 2. The SMILES string of the molecule is O=C(COc1ccc2ccccc2c1)NNC(=O)c1cc2c(s1)CCC2. The molecule has 2 amide bonds. The van der Waals surface area contributed by atoms with Crippen LogP contribution in [0.4, 0.5) is 0 Å². The summed E-state index contributed by atoms with van der Waals surface area (Å²) in [6.07, 6.45) is 3.23. The molecular formula is C20H18N2O3S. The van der Waals surface area contributed by atoms with Gasteiger partial charge in [0.15, 0.2) is 6.61 Å². The summed E-state index contributed by atoms with van der Waals surface area (Å²) in [5.74, 6) is -0.0843. The molecule has 2 aromatic carbocycles. The van der Waals surface area contributed by atoms with Gasteiger partial charge in [-0.2, -0.15) is 0 Å². The molecule has 0 aliphatic heterocycles. The molecule has 0 bridgehead atoms. The van der Waals surface area contributed by atoms with E-state index in [2.05, 4.69) is 10.9 Å². The normalized spacial score (nSPS) is 12.6. The highest BCUT2D eigenvalue weighted by molar-refractivity contribution is 7.14. The first kappa shape index (κ1) is 16.6. The Labute approximate surface area is 155 Å². The fourth-order valence-corrected chi connectivity index (χ4v) is 4.22. The molecule has 5 nitrogen and oxygen atoms in total. The lowest BCUT2D eigenvalue weighted by Crippen LogP contribution is -2.43. The zero-order valence-electron chi connectivity index (χ0n) is 14.1. The standard InChI is InChI=1S/C20H18N2O3S/c23-19(12-25-16-9-8-13-4-1-2-5-14(13)10-16)21-22-20(24)18-11-15-6-3-7-17(15)26-18/h1-2,4-5,8-11H,3,6-7,12H2,(H,21,23)(H,22,24). The van der Waals surface area contributed by atoms with Crippen LogP contribution in [0, 0.1) is 0 Å². The molecule has 1 aliphatic carbocycles. The second kappa shape index (κ2) is 7.17. The highest BCUT2D eigenvalue weighted by Crippen LogP contribution is 2.30. The van der Waals surface area contributed by atoms with Crippen molar-refractivity contribution >= 4 is 33.9 Å². The molecule has 6 heteroatoms. The van der Waals surface area contributed by atoms with Crippen LogP contribution in [0.15, 0.2) is 48.5 Å². The third-order valence-electron chi connectivity index (χ3n) is 4.38. The van der Waals surface area contributed by atoms with E-state index in [0.29, 0.717) is 10.6 Å². The molecule has 3 aromatic rings. The molecule has 0 radical (unpaired) electrons. The molecule has 0 fully saturated rings. The van der Waals surface area contributed by atoms with E-state index in [1.807, 2.05) is 48.5 Å². The van der Waals surface area contributed by atoms with E-state index in [0.717, 1.165) is 30.0 Å². The van der Waals surface area contributed by atoms with E-state index in [4.69, 9.17) is 4.74 Å². The van der Waals surface area contributed by atoms with Gasteiger partial charge in [0.1, 0.15) is 5.75 Å². The van der Waals surface area contributed by atoms with Crippen molar-refractivity contribution in [2.75, 3.05) is 6.61 Å². The average molecular weight is 366 g/mol. The lowest BCUT2D eigenvalue weighted by atomic mass is 10.1. The fraction of sp³-hybridized carbons (Fsp3) is 0.200. The fourth-order valence-electron chi connectivity index (χ4n) is 3.07. The highest BCUT2D eigenvalue weighted by Gasteiger charge is 2.18. The Bertz CT molecular complexity index is 959. The molecule has 0 atom stereocenters. The third kappa shape index (κ3) is 3.55. The summed E-state index contributed by atoms with van der Waals surface area (Å²) in [7, 11) is 0. The number of hydrogen-bond donors (Lipinski definition) is 2. The first-order valence-corrected chi connectivity index (χ1v) is 9.33. The molecule has 1 aromatic heterocycles. The van der Waals surface area contributed by atoms with Crippen molar-refractivity contribution in [1.29, 1.82) is 0 Å². The van der Waals surface area contributed by atoms with Crippen LogP contribution in [0.2, 0.25) is 0 Å². The summed E-state index contributed by atoms with van der Waals surface area (Å²) < 4.78 is 5.50. The van der Waals surface area contributed by atoms with Crippen LogP contribution in [-0.4, -0.2) is 18.4 Å². The Morgan fingerprint density at radius 2 is 1.85 bits per heavy atom. The van der Waals surface area contributed by atoms with Gasteiger partial charge in [0.2, 0.25) is 0 Å². The van der Waals surface area contributed by atoms with Gasteiger partial charge in [-0.1, -0.05) is 30.3 Å². The van der Waals surface area contributed by atoms with Gasteiger partial charge in [0.25, 0.3) is 11.8 Å². The predicted octanol–water partition coefficient (Wildman–Crippen LogP) is 3.23. The maximum absolute atomic E-state index is 12.1. The smallest absolute Gasteiger partial charge is 0.279 e. The van der Waals surface area contributed by atoms with Crippen molar-refractivity contribution in [3.63, 3.8) is 0 Å². The molecule has 0 spiro atoms. The zero-order valence-corrected chi connectivity index (χ0v) is 14.9. The molecule has 26 heavy (non-hydrogen) atoms. The number of hydrogen-bond acceptors (Lipinski definition) is 4. The van der Waals surface area contributed by atoms with Gasteiger partial charge in [0.05, 0.1) is 4.88 Å². The van der Waals surface area contributed by atoms with Crippen molar-refractivity contribution in [2.24, 2.45) is 0 Å². The minimum absolute atomic E-state index is 0.167. The van der Waals surface area contributed by atoms with Crippen LogP contribution in [0.25, 0.3) is 10.8 Å². The van der Waals surface area contributed by atoms with E-state index in [9.17, 15) is 9.59 Å². The molecule has 1 aliphatic rings. The Kier molecular flexibility index (Phi) is 4.58. The molecule has 0 saturated carbocycles. The summed E-state index contributed by atoms with van der Waals surface area (Å²) in [6, 6.07) is 15.5. The van der Waals surface area contributed by atoms with Crippen LogP contribution in [0.1, 0.15) is 26.5 Å². The van der Waals surface area contributed by atoms with Gasteiger partial charge in [-0.15, -0.1) is 11.3 Å². The van der Waals surface area contributed by atoms with Crippen LogP contribution in [-0.2, 0) is 17.6 Å². The van der Waals surface area contributed by atoms with Gasteiger partial charge < -0.3 is 4.74 Å². The molecule has 0 saturated heterocycles. The molecule has 1 heterocycles. The molecular weight excluding hydrogens is 348 g/mol. The number of carbonyl (C=O) groups excluding carboxylic acids is 2. The van der Waals surface area contributed by atoms with E-state index < -0.39 is 5.91 Å². The number of fused-ring (bicyclic) bond motifs is 2. The first-order chi connectivity index (χ1) is 12.7. The number of carbonyl (C=O) groups is 2. The molecule has 0 unspecified atom stereocenters. The largest absolute Gasteiger partial charge is 0.484 e. The molecule has 2 N–H and O–H groups in total. The van der Waals surface area contributed by atoms with Crippen molar-refractivity contribution in [3.8, 4) is 5.75 Å². The number of rotatable bonds is 4. The first-order valence-electron chi connectivity index (χ1n) is 8.51. The van der Waals surface area contributed by atoms with Crippen LogP contribution in [0.3, 0.4) is 0 Å². The number of benzene rings is 2. The lowest BCUT2D eigenvalue weighted by Gasteiger charge is -2.09. The minimum Gasteiger partial charge on any atom is -0.484 e. The van der Waals surface area contributed by atoms with E-state index in [-0.39, 0.29) is 12.5 Å². The second-order valence-corrected chi connectivity index (χ2v) is 7.35. The van der Waals surface area contributed by atoms with Crippen LogP contribution >= 0.6 is 11.3 Å². The van der Waals surface area contributed by atoms with E-state index in [1.54, 1.807) is 0 Å². The Balaban J connectivity index is 1.28. The Morgan fingerprint density at radius 1 is 1.00 bits per heavy atom.